The van der Waals surface area contributed by atoms with Crippen LogP contribution in [0.4, 0.5) is 13.2 Å². The van der Waals surface area contributed by atoms with Crippen molar-refractivity contribution in [1.29, 1.82) is 0 Å². The van der Waals surface area contributed by atoms with Gasteiger partial charge in [-0.25, -0.2) is 22.9 Å². The highest BCUT2D eigenvalue weighted by atomic mass is 35.5. The average Bonchev–Trinajstić information content (AvgIpc) is 2.71. The Kier molecular flexibility index (Phi) is 6.73. The van der Waals surface area contributed by atoms with Crippen LogP contribution in [-0.2, 0) is 14.3 Å². The molecular weight excluding hydrogens is 423 g/mol. The Morgan fingerprint density at radius 1 is 1.23 bits per heavy atom. The summed E-state index contributed by atoms with van der Waals surface area (Å²) < 4.78 is 51.5. The first-order chi connectivity index (χ1) is 14.3. The van der Waals surface area contributed by atoms with Crippen LogP contribution in [-0.4, -0.2) is 37.1 Å². The van der Waals surface area contributed by atoms with Gasteiger partial charge in [0.05, 0.1) is 31.2 Å². The Balaban J connectivity index is 2.20. The van der Waals surface area contributed by atoms with Gasteiger partial charge in [-0.05, 0) is 19.1 Å². The quantitative estimate of drug-likeness (QED) is 0.695. The van der Waals surface area contributed by atoms with Gasteiger partial charge in [0.2, 0.25) is 0 Å². The zero-order valence-electron chi connectivity index (χ0n) is 16.0. The predicted octanol–water partition coefficient (Wildman–Crippen LogP) is 3.71. The third-order valence-corrected chi connectivity index (χ3v) is 4.60. The van der Waals surface area contributed by atoms with Crippen LogP contribution in [0.25, 0.3) is 0 Å². The standard InChI is InChI=1S/C20H17ClF3N3O3/c1-3-30-9-15-16(20(28)29-2)17(12-5-4-10(22)6-13(12)21)27-19(26-15)18-14(24)7-11(23)8-25-18/h4-8,17H,3,9H2,1-2H3,(H,26,27)/t17-/m0/s1. The molecule has 0 amide bonds. The topological polar surface area (TPSA) is 72.8 Å². The molecule has 10 heteroatoms. The number of hydrogen-bond donors (Lipinski definition) is 1. The molecule has 1 aromatic carbocycles. The summed E-state index contributed by atoms with van der Waals surface area (Å²) in [7, 11) is 1.19. The van der Waals surface area contributed by atoms with E-state index < -0.39 is 29.5 Å². The maximum atomic E-state index is 14.4. The Morgan fingerprint density at radius 2 is 2.00 bits per heavy atom. The van der Waals surface area contributed by atoms with E-state index in [1.807, 2.05) is 0 Å². The van der Waals surface area contributed by atoms with Crippen molar-refractivity contribution in [2.45, 2.75) is 13.0 Å². The number of pyridine rings is 1. The minimum absolute atomic E-state index is 0.00898. The molecule has 30 heavy (non-hydrogen) atoms. The molecule has 6 nitrogen and oxygen atoms in total. The molecule has 0 radical (unpaired) electrons. The summed E-state index contributed by atoms with van der Waals surface area (Å²) in [6.45, 7) is 2.03. The smallest absolute Gasteiger partial charge is 0.338 e. The first-order valence-corrected chi connectivity index (χ1v) is 9.23. The summed E-state index contributed by atoms with van der Waals surface area (Å²) in [5.74, 6) is -3.18. The number of hydrogen-bond acceptors (Lipinski definition) is 6. The van der Waals surface area contributed by atoms with Crippen LogP contribution in [0.2, 0.25) is 5.02 Å². The fourth-order valence-corrected chi connectivity index (χ4v) is 3.19. The van der Waals surface area contributed by atoms with E-state index in [4.69, 9.17) is 21.1 Å². The predicted molar refractivity (Wildman–Crippen MR) is 104 cm³/mol. The SMILES string of the molecule is CCOCC1=C(C(=O)OC)[C@H](c2ccc(F)cc2Cl)N=C(c2ncc(F)cc2F)N1. The number of aliphatic imine (C=N–C) groups is 1. The van der Waals surface area contributed by atoms with Crippen molar-refractivity contribution >= 4 is 23.4 Å². The highest BCUT2D eigenvalue weighted by molar-refractivity contribution is 6.31. The second kappa shape index (κ2) is 9.27. The summed E-state index contributed by atoms with van der Waals surface area (Å²) in [5, 5.41) is 2.83. The first kappa shape index (κ1) is 21.8. The number of halogens is 4. The third kappa shape index (κ3) is 4.47. The number of esters is 1. The molecule has 1 N–H and O–H groups in total. The van der Waals surface area contributed by atoms with Crippen LogP contribution in [0.1, 0.15) is 24.2 Å². The Labute approximate surface area is 175 Å². The van der Waals surface area contributed by atoms with Gasteiger partial charge < -0.3 is 14.8 Å². The van der Waals surface area contributed by atoms with Crippen molar-refractivity contribution in [3.05, 3.63) is 75.5 Å². The van der Waals surface area contributed by atoms with Crippen molar-refractivity contribution < 1.29 is 27.4 Å². The van der Waals surface area contributed by atoms with Crippen molar-refractivity contribution in [2.24, 2.45) is 4.99 Å². The van der Waals surface area contributed by atoms with Crippen molar-refractivity contribution in [3.63, 3.8) is 0 Å². The molecule has 2 aromatic rings. The van der Waals surface area contributed by atoms with Crippen LogP contribution >= 0.6 is 11.6 Å². The maximum absolute atomic E-state index is 14.4. The number of nitrogens with zero attached hydrogens (tertiary/aromatic N) is 2. The lowest BCUT2D eigenvalue weighted by Gasteiger charge is -2.27. The number of rotatable bonds is 6. The fraction of sp³-hybridized carbons (Fsp3) is 0.250. The molecular formula is C20H17ClF3N3O3. The first-order valence-electron chi connectivity index (χ1n) is 8.86. The largest absolute Gasteiger partial charge is 0.466 e. The lowest BCUT2D eigenvalue weighted by Crippen LogP contribution is -2.36. The van der Waals surface area contributed by atoms with Crippen molar-refractivity contribution in [3.8, 4) is 0 Å². The number of ether oxygens (including phenoxy) is 2. The summed E-state index contributed by atoms with van der Waals surface area (Å²) in [4.78, 5) is 20.7. The molecule has 1 atom stereocenters. The summed E-state index contributed by atoms with van der Waals surface area (Å²) in [6, 6.07) is 3.19. The molecule has 0 unspecified atom stereocenters. The van der Waals surface area contributed by atoms with Gasteiger partial charge in [-0.2, -0.15) is 0 Å². The van der Waals surface area contributed by atoms with Crippen molar-refractivity contribution in [2.75, 3.05) is 20.3 Å². The second-order valence-electron chi connectivity index (χ2n) is 6.18. The fourth-order valence-electron chi connectivity index (χ4n) is 2.92. The van der Waals surface area contributed by atoms with Crippen molar-refractivity contribution in [1.82, 2.24) is 10.3 Å². The number of carbonyl (C=O) groups is 1. The van der Waals surface area contributed by atoms with Gasteiger partial charge in [0.25, 0.3) is 0 Å². The number of nitrogens with one attached hydrogen (secondary N) is 1. The lowest BCUT2D eigenvalue weighted by atomic mass is 9.95. The Hall–Kier alpha value is -2.91. The van der Waals surface area contributed by atoms with E-state index in [1.54, 1.807) is 6.92 Å². The van der Waals surface area contributed by atoms with E-state index in [2.05, 4.69) is 15.3 Å². The molecule has 0 saturated carbocycles. The molecule has 1 aliphatic rings. The van der Waals surface area contributed by atoms with Gasteiger partial charge in [-0.3, -0.25) is 4.99 Å². The molecule has 1 aliphatic heterocycles. The van der Waals surface area contributed by atoms with E-state index in [0.29, 0.717) is 12.7 Å². The Bertz CT molecular complexity index is 1040. The third-order valence-electron chi connectivity index (χ3n) is 4.27. The van der Waals surface area contributed by atoms with E-state index in [9.17, 15) is 18.0 Å². The molecule has 0 aliphatic carbocycles. The van der Waals surface area contributed by atoms with Gasteiger partial charge in [0.15, 0.2) is 11.7 Å². The van der Waals surface area contributed by atoms with Gasteiger partial charge in [0.1, 0.15) is 23.4 Å². The van der Waals surface area contributed by atoms with Crippen LogP contribution in [0.15, 0.2) is 46.7 Å². The van der Waals surface area contributed by atoms with E-state index >= 15 is 0 Å². The van der Waals surface area contributed by atoms with E-state index in [-0.39, 0.29) is 40.0 Å². The molecule has 0 spiro atoms. The van der Waals surface area contributed by atoms with Gasteiger partial charge in [-0.1, -0.05) is 17.7 Å². The molecule has 0 saturated heterocycles. The molecule has 0 bridgehead atoms. The summed E-state index contributed by atoms with van der Waals surface area (Å²) in [5.41, 5.74) is 0.321. The average molecular weight is 440 g/mol. The highest BCUT2D eigenvalue weighted by Gasteiger charge is 2.34. The number of aromatic nitrogens is 1. The number of methoxy groups -OCH3 is 1. The van der Waals surface area contributed by atoms with Crippen LogP contribution in [0.5, 0.6) is 0 Å². The molecule has 158 valence electrons. The monoisotopic (exact) mass is 439 g/mol. The molecule has 1 aromatic heterocycles. The lowest BCUT2D eigenvalue weighted by molar-refractivity contribution is -0.136. The Morgan fingerprint density at radius 3 is 2.63 bits per heavy atom. The summed E-state index contributed by atoms with van der Waals surface area (Å²) in [6.07, 6.45) is 0.838. The highest BCUT2D eigenvalue weighted by Crippen LogP contribution is 2.36. The maximum Gasteiger partial charge on any atom is 0.338 e. The van der Waals surface area contributed by atoms with E-state index in [0.717, 1.165) is 18.3 Å². The second-order valence-corrected chi connectivity index (χ2v) is 6.58. The number of amidine groups is 1. The normalized spacial score (nSPS) is 16.2. The minimum atomic E-state index is -1.07. The van der Waals surface area contributed by atoms with Gasteiger partial charge in [0, 0.05) is 23.3 Å². The van der Waals surface area contributed by atoms with Crippen LogP contribution in [0.3, 0.4) is 0 Å². The number of carbonyl (C=O) groups excluding carboxylic acids is 1. The summed E-state index contributed by atoms with van der Waals surface area (Å²) >= 11 is 6.20. The minimum Gasteiger partial charge on any atom is -0.466 e. The number of benzene rings is 1. The van der Waals surface area contributed by atoms with Gasteiger partial charge in [-0.15, -0.1) is 0 Å². The zero-order valence-corrected chi connectivity index (χ0v) is 16.8. The van der Waals surface area contributed by atoms with Gasteiger partial charge >= 0.3 is 5.97 Å². The van der Waals surface area contributed by atoms with Crippen LogP contribution in [0, 0.1) is 17.5 Å². The molecule has 0 fully saturated rings. The van der Waals surface area contributed by atoms with Crippen LogP contribution < -0.4 is 5.32 Å². The zero-order chi connectivity index (χ0) is 21.8. The molecule has 3 rings (SSSR count). The molecule has 2 heterocycles. The van der Waals surface area contributed by atoms with E-state index in [1.165, 1.54) is 13.2 Å².